The lowest BCUT2D eigenvalue weighted by Gasteiger charge is -2.27. The van der Waals surface area contributed by atoms with E-state index in [0.717, 1.165) is 19.3 Å². The molecule has 106 valence electrons. The third-order valence-electron chi connectivity index (χ3n) is 3.85. The summed E-state index contributed by atoms with van der Waals surface area (Å²) >= 11 is 0. The number of rotatable bonds is 4. The van der Waals surface area contributed by atoms with Crippen LogP contribution in [0.1, 0.15) is 33.1 Å². The Hall–Kier alpha value is -1.14. The lowest BCUT2D eigenvalue weighted by molar-refractivity contribution is 0.313. The Morgan fingerprint density at radius 1 is 1.42 bits per heavy atom. The minimum atomic E-state index is -3.53. The number of sulfonamides is 1. The predicted octanol–water partition coefficient (Wildman–Crippen LogP) is 1.98. The number of aromatic nitrogens is 1. The number of nitrogens with one attached hydrogen (secondary N) is 2. The molecule has 1 aliphatic rings. The van der Waals surface area contributed by atoms with Crippen LogP contribution in [-0.4, -0.2) is 26.5 Å². The van der Waals surface area contributed by atoms with E-state index in [9.17, 15) is 8.42 Å². The summed E-state index contributed by atoms with van der Waals surface area (Å²) in [5.41, 5.74) is 0.00901. The lowest BCUT2D eigenvalue weighted by Crippen LogP contribution is -2.41. The zero-order valence-electron chi connectivity index (χ0n) is 11.6. The maximum atomic E-state index is 12.5. The molecule has 19 heavy (non-hydrogen) atoms. The molecule has 2 N–H and O–H groups in total. The molecule has 0 aliphatic heterocycles. The monoisotopic (exact) mass is 283 g/mol. The van der Waals surface area contributed by atoms with Gasteiger partial charge in [-0.2, -0.15) is 0 Å². The van der Waals surface area contributed by atoms with Crippen LogP contribution in [0.25, 0.3) is 0 Å². The summed E-state index contributed by atoms with van der Waals surface area (Å²) in [6.07, 6.45) is 4.57. The first-order valence-corrected chi connectivity index (χ1v) is 8.00. The predicted molar refractivity (Wildman–Crippen MR) is 75.5 cm³/mol. The molecule has 0 spiro atoms. The van der Waals surface area contributed by atoms with Crippen molar-refractivity contribution in [2.24, 2.45) is 5.41 Å². The maximum absolute atomic E-state index is 12.5. The molecule has 1 aromatic rings. The Bertz CT molecular complexity index is 555. The quantitative estimate of drug-likeness (QED) is 0.886. The highest BCUT2D eigenvalue weighted by Crippen LogP contribution is 2.38. The van der Waals surface area contributed by atoms with Gasteiger partial charge in [0, 0.05) is 19.3 Å². The molecule has 2 rings (SSSR count). The molecule has 1 unspecified atom stereocenters. The van der Waals surface area contributed by atoms with Crippen molar-refractivity contribution in [1.82, 2.24) is 9.71 Å². The normalized spacial score (nSPS) is 22.4. The summed E-state index contributed by atoms with van der Waals surface area (Å²) in [5.74, 6) is 0.380. The van der Waals surface area contributed by atoms with E-state index in [4.69, 9.17) is 0 Å². The largest absolute Gasteiger partial charge is 0.372 e. The molecule has 0 saturated heterocycles. The highest BCUT2D eigenvalue weighted by Gasteiger charge is 2.37. The van der Waals surface area contributed by atoms with Crippen LogP contribution in [0.15, 0.2) is 23.2 Å². The molecule has 5 nitrogen and oxygen atoms in total. The van der Waals surface area contributed by atoms with E-state index in [-0.39, 0.29) is 16.4 Å². The Balaban J connectivity index is 2.28. The first-order valence-electron chi connectivity index (χ1n) is 6.52. The highest BCUT2D eigenvalue weighted by molar-refractivity contribution is 7.89. The molecule has 1 aliphatic carbocycles. The highest BCUT2D eigenvalue weighted by atomic mass is 32.2. The summed E-state index contributed by atoms with van der Waals surface area (Å²) in [6.45, 7) is 4.21. The number of hydrogen-bond donors (Lipinski definition) is 2. The number of nitrogens with zero attached hydrogens (tertiary/aromatic N) is 1. The fourth-order valence-electron chi connectivity index (χ4n) is 2.59. The van der Waals surface area contributed by atoms with E-state index in [2.05, 4.69) is 28.9 Å². The van der Waals surface area contributed by atoms with E-state index < -0.39 is 10.0 Å². The molecule has 0 radical (unpaired) electrons. The maximum Gasteiger partial charge on any atom is 0.244 e. The summed E-state index contributed by atoms with van der Waals surface area (Å²) < 4.78 is 27.8. The number of hydrogen-bond acceptors (Lipinski definition) is 4. The average molecular weight is 283 g/mol. The van der Waals surface area contributed by atoms with Crippen molar-refractivity contribution in [2.75, 3.05) is 12.4 Å². The zero-order valence-corrected chi connectivity index (χ0v) is 12.4. The van der Waals surface area contributed by atoms with Crippen molar-refractivity contribution in [3.05, 3.63) is 18.3 Å². The topological polar surface area (TPSA) is 71.1 Å². The van der Waals surface area contributed by atoms with Gasteiger partial charge < -0.3 is 5.32 Å². The molecule has 1 aromatic heterocycles. The smallest absolute Gasteiger partial charge is 0.244 e. The number of anilines is 1. The van der Waals surface area contributed by atoms with Gasteiger partial charge in [0.2, 0.25) is 10.0 Å². The molecular formula is C13H21N3O2S. The summed E-state index contributed by atoms with van der Waals surface area (Å²) in [4.78, 5) is 4.25. The standard InChI is InChI=1S/C13H21N3O2S/c1-13(2)8-4-7-11(13)16-19(17,18)10-6-5-9-15-12(10)14-3/h5-6,9,11,16H,4,7-8H2,1-3H3,(H,14,15). The van der Waals surface area contributed by atoms with Gasteiger partial charge in [0.25, 0.3) is 0 Å². The molecule has 1 heterocycles. The molecule has 0 aromatic carbocycles. The molecule has 1 saturated carbocycles. The van der Waals surface area contributed by atoms with Gasteiger partial charge in [0.1, 0.15) is 10.7 Å². The second-order valence-electron chi connectivity index (χ2n) is 5.65. The molecule has 1 atom stereocenters. The van der Waals surface area contributed by atoms with Gasteiger partial charge in [-0.05, 0) is 30.4 Å². The zero-order chi connectivity index (χ0) is 14.1. The molecule has 6 heteroatoms. The van der Waals surface area contributed by atoms with Crippen LogP contribution in [0.4, 0.5) is 5.82 Å². The minimum absolute atomic E-state index is 0.00901. The van der Waals surface area contributed by atoms with Gasteiger partial charge in [-0.25, -0.2) is 18.1 Å². The van der Waals surface area contributed by atoms with Crippen molar-refractivity contribution in [1.29, 1.82) is 0 Å². The third-order valence-corrected chi connectivity index (χ3v) is 5.35. The molecule has 0 bridgehead atoms. The van der Waals surface area contributed by atoms with Crippen LogP contribution >= 0.6 is 0 Å². The Labute approximate surface area is 114 Å². The van der Waals surface area contributed by atoms with Gasteiger partial charge >= 0.3 is 0 Å². The van der Waals surface area contributed by atoms with Crippen molar-refractivity contribution in [3.63, 3.8) is 0 Å². The van der Waals surface area contributed by atoms with E-state index in [0.29, 0.717) is 5.82 Å². The van der Waals surface area contributed by atoms with Crippen LogP contribution in [0.2, 0.25) is 0 Å². The van der Waals surface area contributed by atoms with Crippen LogP contribution in [-0.2, 0) is 10.0 Å². The van der Waals surface area contributed by atoms with Crippen molar-refractivity contribution < 1.29 is 8.42 Å². The molecule has 0 amide bonds. The van der Waals surface area contributed by atoms with E-state index in [1.807, 2.05) is 0 Å². The van der Waals surface area contributed by atoms with Crippen LogP contribution in [0, 0.1) is 5.41 Å². The van der Waals surface area contributed by atoms with E-state index >= 15 is 0 Å². The van der Waals surface area contributed by atoms with Gasteiger partial charge in [-0.1, -0.05) is 20.3 Å². The average Bonchev–Trinajstić information content (AvgIpc) is 2.68. The fourth-order valence-corrected chi connectivity index (χ4v) is 4.20. The molecular weight excluding hydrogens is 262 g/mol. The van der Waals surface area contributed by atoms with Crippen LogP contribution in [0.5, 0.6) is 0 Å². The molecule has 1 fully saturated rings. The van der Waals surface area contributed by atoms with Gasteiger partial charge in [0.05, 0.1) is 0 Å². The summed E-state index contributed by atoms with van der Waals surface area (Å²) in [5, 5.41) is 2.82. The minimum Gasteiger partial charge on any atom is -0.372 e. The SMILES string of the molecule is CNc1ncccc1S(=O)(=O)NC1CCCC1(C)C. The van der Waals surface area contributed by atoms with Crippen LogP contribution < -0.4 is 10.0 Å². The number of pyridine rings is 1. The van der Waals surface area contributed by atoms with Gasteiger partial charge in [-0.15, -0.1) is 0 Å². The summed E-state index contributed by atoms with van der Waals surface area (Å²) in [7, 11) is -1.86. The Morgan fingerprint density at radius 3 is 2.74 bits per heavy atom. The van der Waals surface area contributed by atoms with Crippen molar-refractivity contribution in [3.8, 4) is 0 Å². The first-order chi connectivity index (χ1) is 8.87. The van der Waals surface area contributed by atoms with Crippen molar-refractivity contribution >= 4 is 15.8 Å². The lowest BCUT2D eigenvalue weighted by atomic mass is 9.88. The third kappa shape index (κ3) is 2.90. The second-order valence-corrected chi connectivity index (χ2v) is 7.34. The van der Waals surface area contributed by atoms with E-state index in [1.54, 1.807) is 25.4 Å². The van der Waals surface area contributed by atoms with Crippen molar-refractivity contribution in [2.45, 2.75) is 44.0 Å². The fraction of sp³-hybridized carbons (Fsp3) is 0.615. The Kier molecular flexibility index (Phi) is 3.82. The van der Waals surface area contributed by atoms with Crippen LogP contribution in [0.3, 0.4) is 0 Å². The van der Waals surface area contributed by atoms with E-state index in [1.165, 1.54) is 0 Å². The summed E-state index contributed by atoms with van der Waals surface area (Å²) in [6, 6.07) is 3.20. The second kappa shape index (κ2) is 5.09. The Morgan fingerprint density at radius 2 is 2.16 bits per heavy atom. The van der Waals surface area contributed by atoms with Gasteiger partial charge in [-0.3, -0.25) is 0 Å². The van der Waals surface area contributed by atoms with Gasteiger partial charge in [0.15, 0.2) is 0 Å². The first kappa shape index (κ1) is 14.3.